The predicted octanol–water partition coefficient (Wildman–Crippen LogP) is 8.74. The Balaban J connectivity index is 0.984. The molecule has 4 saturated carbocycles. The summed E-state index contributed by atoms with van der Waals surface area (Å²) in [4.78, 5) is 95.4. The van der Waals surface area contributed by atoms with E-state index in [1.165, 1.54) is 6.42 Å². The molecule has 2 amide bonds. The zero-order valence-electron chi connectivity index (χ0n) is 60.1. The summed E-state index contributed by atoms with van der Waals surface area (Å²) in [5, 5.41) is 8.44. The fourth-order valence-corrected chi connectivity index (χ4v) is 13.9. The van der Waals surface area contributed by atoms with Crippen LogP contribution in [0.3, 0.4) is 0 Å². The number of esters is 4. The van der Waals surface area contributed by atoms with E-state index >= 15 is 0 Å². The van der Waals surface area contributed by atoms with E-state index in [0.717, 1.165) is 62.9 Å². The van der Waals surface area contributed by atoms with E-state index in [1.54, 1.807) is 29.9 Å². The lowest BCUT2D eigenvalue weighted by Crippen LogP contribution is -2.71. The van der Waals surface area contributed by atoms with Gasteiger partial charge in [0.2, 0.25) is 5.91 Å². The van der Waals surface area contributed by atoms with Crippen LogP contribution in [-0.2, 0) is 42.9 Å². The number of benzene rings is 2. The summed E-state index contributed by atoms with van der Waals surface area (Å²) in [7, 11) is 7.10. The van der Waals surface area contributed by atoms with Gasteiger partial charge in [0.15, 0.2) is 5.69 Å². The highest BCUT2D eigenvalue weighted by Gasteiger charge is 2.63. The zero-order valence-corrected chi connectivity index (χ0v) is 60.1. The van der Waals surface area contributed by atoms with Gasteiger partial charge in [-0.1, -0.05) is 19.9 Å². The third-order valence-electron chi connectivity index (χ3n) is 18.0. The van der Waals surface area contributed by atoms with Crippen LogP contribution in [0.2, 0.25) is 0 Å². The number of ether oxygens (including phenoxy) is 7. The summed E-state index contributed by atoms with van der Waals surface area (Å²) in [5.41, 5.74) is -0.850. The van der Waals surface area contributed by atoms with E-state index in [2.05, 4.69) is 36.0 Å². The zero-order chi connectivity index (χ0) is 69.1. The van der Waals surface area contributed by atoms with Crippen LogP contribution in [0.5, 0.6) is 17.2 Å². The van der Waals surface area contributed by atoms with Crippen LogP contribution >= 0.6 is 0 Å². The minimum atomic E-state index is -1.16. The molecule has 1 N–H and O–H groups in total. The molecule has 1 aromatic heterocycles. The van der Waals surface area contributed by atoms with E-state index in [1.807, 2.05) is 141 Å². The second kappa shape index (κ2) is 32.1. The fraction of sp³-hybridized carbons (Fsp3) is 0.708. The minimum absolute atomic E-state index is 0.0123. The second-order valence-corrected chi connectivity index (χ2v) is 30.9. The van der Waals surface area contributed by atoms with Crippen molar-refractivity contribution in [2.45, 2.75) is 176 Å². The Kier molecular flexibility index (Phi) is 25.7. The molecule has 22 nitrogen and oxygen atoms in total. The molecular weight excluding hydrogens is 1200 g/mol. The van der Waals surface area contributed by atoms with E-state index in [4.69, 9.17) is 38.3 Å². The molecule has 2 heterocycles. The molecule has 5 fully saturated rings. The van der Waals surface area contributed by atoms with Crippen LogP contribution in [0, 0.1) is 23.7 Å². The van der Waals surface area contributed by atoms with Gasteiger partial charge in [0.05, 0.1) is 64.0 Å². The molecule has 22 heteroatoms. The molecule has 1 aliphatic heterocycles. The van der Waals surface area contributed by atoms with Crippen molar-refractivity contribution in [2.24, 2.45) is 23.7 Å². The van der Waals surface area contributed by atoms with Crippen molar-refractivity contribution in [1.82, 2.24) is 44.5 Å². The lowest BCUT2D eigenvalue weighted by Gasteiger charge is -2.59. The summed E-state index contributed by atoms with van der Waals surface area (Å²) in [6.45, 7) is 32.8. The van der Waals surface area contributed by atoms with Gasteiger partial charge in [0, 0.05) is 72.5 Å². The van der Waals surface area contributed by atoms with Gasteiger partial charge in [-0.15, -0.1) is 0 Å². The number of rotatable bonds is 25. The van der Waals surface area contributed by atoms with Crippen molar-refractivity contribution in [3.63, 3.8) is 0 Å². The summed E-state index contributed by atoms with van der Waals surface area (Å²) < 4.78 is 43.4. The number of likely N-dealkylation sites (N-methyl/N-ethyl adjacent to an activating group) is 1. The quantitative estimate of drug-likeness (QED) is 0.0476. The summed E-state index contributed by atoms with van der Waals surface area (Å²) in [5.74, 6) is 0.928. The van der Waals surface area contributed by atoms with Gasteiger partial charge in [-0.25, -0.2) is 9.48 Å². The SMILES string of the molecule is COc1cccc(OC)c1-c1cc(C(=O)NC2(C(=O)OC(C)(C)C)C3CC4CC(C3)CC2C4)nn1-c1ccc(OCCCN(C)CCCN(C)C(=O)CN2CCN(CC(=O)OC(C)(C)C)CCN(CC(=O)OC(C)(C)C)CCN(CC(=O)OC(C)(C)C)CC2)cc1C(C)C. The number of nitrogens with one attached hydrogen (secondary N) is 1. The Hall–Kier alpha value is -6.33. The smallest absolute Gasteiger partial charge is 0.332 e. The van der Waals surface area contributed by atoms with Crippen LogP contribution in [0.1, 0.15) is 164 Å². The first-order chi connectivity index (χ1) is 44.0. The molecule has 0 spiro atoms. The first kappa shape index (κ1) is 75.1. The lowest BCUT2D eigenvalue weighted by atomic mass is 9.48. The lowest BCUT2D eigenvalue weighted by molar-refractivity contribution is -0.181. The van der Waals surface area contributed by atoms with Crippen molar-refractivity contribution in [3.8, 4) is 34.2 Å². The molecule has 4 bridgehead atoms. The standard InChI is InChI=1S/C72H113N9O13/c1-49(2)55-43-54(24-25-57(55)81-58(65-59(88-17)22-19-23-60(65)89-18)44-56(74-81)66(86)73-72(67(87)94-71(12,13)14)52-39-50-38-51(41-52)42-53(72)40-50)90-37-21-27-75(15)26-20-28-76(16)61(82)45-77-29-31-78(46-62(83)91-68(3,4)5)33-35-80(48-64(85)93-70(9,10)11)36-34-79(32-30-77)47-63(84)92-69(6,7)8/h19,22-25,43-44,49-53H,20-21,26-42,45-48H2,1-18H3,(H,73,86). The minimum Gasteiger partial charge on any atom is -0.496 e. The van der Waals surface area contributed by atoms with Crippen LogP contribution in [-0.4, -0.2) is 236 Å². The summed E-state index contributed by atoms with van der Waals surface area (Å²) in [6, 6.07) is 13.3. The Bertz CT molecular complexity index is 2970. The topological polar surface area (TPSA) is 216 Å². The van der Waals surface area contributed by atoms with Gasteiger partial charge in [0.1, 0.15) is 45.2 Å². The number of methoxy groups -OCH3 is 2. The van der Waals surface area contributed by atoms with E-state index in [-0.39, 0.29) is 79.4 Å². The maximum Gasteiger partial charge on any atom is 0.332 e. The molecule has 5 aliphatic rings. The van der Waals surface area contributed by atoms with E-state index in [9.17, 15) is 28.8 Å². The molecule has 0 unspecified atom stereocenters. The second-order valence-electron chi connectivity index (χ2n) is 30.9. The molecule has 0 radical (unpaired) electrons. The van der Waals surface area contributed by atoms with Gasteiger partial charge in [-0.05, 0) is 213 Å². The van der Waals surface area contributed by atoms with Crippen molar-refractivity contribution in [3.05, 3.63) is 53.7 Å². The largest absolute Gasteiger partial charge is 0.496 e. The van der Waals surface area contributed by atoms with Crippen molar-refractivity contribution in [1.29, 1.82) is 0 Å². The number of aromatic nitrogens is 2. The normalized spacial score (nSPS) is 21.3. The number of carbonyl (C=O) groups excluding carboxylic acids is 6. The van der Waals surface area contributed by atoms with Gasteiger partial charge >= 0.3 is 23.9 Å². The molecule has 4 aliphatic carbocycles. The average Bonchev–Trinajstić information content (AvgIpc) is 0.794. The number of carbonyl (C=O) groups is 6. The van der Waals surface area contributed by atoms with Crippen molar-refractivity contribution in [2.75, 3.05) is 133 Å². The summed E-state index contributed by atoms with van der Waals surface area (Å²) in [6.07, 6.45) is 6.21. The van der Waals surface area contributed by atoms with Gasteiger partial charge in [-0.3, -0.25) is 43.6 Å². The van der Waals surface area contributed by atoms with Crippen LogP contribution < -0.4 is 19.5 Å². The van der Waals surface area contributed by atoms with Crippen LogP contribution in [0.4, 0.5) is 0 Å². The maximum atomic E-state index is 15.0. The van der Waals surface area contributed by atoms with Crippen molar-refractivity contribution < 1.29 is 61.9 Å². The first-order valence-electron chi connectivity index (χ1n) is 34.1. The predicted molar refractivity (Wildman–Crippen MR) is 362 cm³/mol. The third-order valence-corrected chi connectivity index (χ3v) is 18.0. The molecular formula is C72H113N9O13. The third kappa shape index (κ3) is 21.6. The molecule has 524 valence electrons. The molecule has 3 aromatic rings. The number of nitrogens with zero attached hydrogens (tertiary/aromatic N) is 8. The van der Waals surface area contributed by atoms with E-state index in [0.29, 0.717) is 106 Å². The Morgan fingerprint density at radius 2 is 1.03 bits per heavy atom. The monoisotopic (exact) mass is 1310 g/mol. The molecule has 1 saturated heterocycles. The molecule has 94 heavy (non-hydrogen) atoms. The van der Waals surface area contributed by atoms with Gasteiger partial charge < -0.3 is 48.3 Å². The Morgan fingerprint density at radius 3 is 1.47 bits per heavy atom. The van der Waals surface area contributed by atoms with E-state index < -0.39 is 33.9 Å². The van der Waals surface area contributed by atoms with Gasteiger partial charge in [0.25, 0.3) is 5.91 Å². The summed E-state index contributed by atoms with van der Waals surface area (Å²) >= 11 is 0. The Labute approximate surface area is 560 Å². The molecule has 2 aromatic carbocycles. The van der Waals surface area contributed by atoms with Gasteiger partial charge in [-0.2, -0.15) is 5.10 Å². The average molecular weight is 1310 g/mol. The van der Waals surface area contributed by atoms with Crippen LogP contribution in [0.25, 0.3) is 16.9 Å². The Morgan fingerprint density at radius 1 is 0.585 bits per heavy atom. The highest BCUT2D eigenvalue weighted by molar-refractivity contribution is 5.98. The van der Waals surface area contributed by atoms with Crippen LogP contribution in [0.15, 0.2) is 42.5 Å². The number of amides is 2. The highest BCUT2D eigenvalue weighted by atomic mass is 16.6. The number of hydrogen-bond acceptors (Lipinski definition) is 19. The number of hydrogen-bond donors (Lipinski definition) is 1. The molecule has 0 atom stereocenters. The fourth-order valence-electron chi connectivity index (χ4n) is 13.9. The molecule has 8 rings (SSSR count). The first-order valence-corrected chi connectivity index (χ1v) is 34.1. The highest BCUT2D eigenvalue weighted by Crippen LogP contribution is 2.59. The maximum absolute atomic E-state index is 15.0. The van der Waals surface area contributed by atoms with Crippen molar-refractivity contribution >= 4 is 35.7 Å².